The van der Waals surface area contributed by atoms with Gasteiger partial charge in [-0.25, -0.2) is 4.79 Å². The number of alkyl carbamates (subject to hydrolysis) is 1. The highest BCUT2D eigenvalue weighted by atomic mass is 19.4. The first-order chi connectivity index (χ1) is 12.4. The number of nitrogens with zero attached hydrogens (tertiary/aromatic N) is 2. The molecule has 0 saturated carbocycles. The molecule has 1 N–H and O–H groups in total. The van der Waals surface area contributed by atoms with Gasteiger partial charge in [-0.05, 0) is 45.7 Å². The van der Waals surface area contributed by atoms with E-state index >= 15 is 0 Å². The summed E-state index contributed by atoms with van der Waals surface area (Å²) in [6.07, 6.45) is -4.29. The molecule has 1 amide bonds. The Kier molecular flexibility index (Phi) is 5.86. The molecular weight excluding hydrogens is 367 g/mol. The number of amides is 1. The Morgan fingerprint density at radius 2 is 1.85 bits per heavy atom. The molecule has 1 saturated heterocycles. The number of carbonyl (C=O) groups excluding carboxylic acids is 1. The first-order valence-electron chi connectivity index (χ1n) is 8.47. The SMILES string of the molecule is CC(C)(C)OC(=O)NC1CCN(c2ccc([N+](=O)[O-])c(C(F)(F)F)c2)CC1. The summed E-state index contributed by atoms with van der Waals surface area (Å²) < 4.78 is 44.5. The maximum Gasteiger partial charge on any atom is 0.423 e. The van der Waals surface area contributed by atoms with Crippen LogP contribution in [0.3, 0.4) is 0 Å². The summed E-state index contributed by atoms with van der Waals surface area (Å²) in [7, 11) is 0. The van der Waals surface area contributed by atoms with Crippen molar-refractivity contribution in [2.75, 3.05) is 18.0 Å². The minimum Gasteiger partial charge on any atom is -0.444 e. The smallest absolute Gasteiger partial charge is 0.423 e. The first kappa shape index (κ1) is 20.8. The predicted molar refractivity (Wildman–Crippen MR) is 92.7 cm³/mol. The highest BCUT2D eigenvalue weighted by molar-refractivity contribution is 5.68. The van der Waals surface area contributed by atoms with E-state index in [-0.39, 0.29) is 11.7 Å². The lowest BCUT2D eigenvalue weighted by atomic mass is 10.0. The van der Waals surface area contributed by atoms with Crippen molar-refractivity contribution in [1.29, 1.82) is 0 Å². The van der Waals surface area contributed by atoms with Crippen LogP contribution < -0.4 is 10.2 Å². The summed E-state index contributed by atoms with van der Waals surface area (Å²) in [5.41, 5.74) is -2.58. The van der Waals surface area contributed by atoms with Gasteiger partial charge in [0.1, 0.15) is 11.2 Å². The number of nitro groups is 1. The topological polar surface area (TPSA) is 84.7 Å². The molecule has 2 rings (SSSR count). The molecule has 10 heteroatoms. The van der Waals surface area contributed by atoms with Crippen LogP contribution in [0.4, 0.5) is 29.3 Å². The van der Waals surface area contributed by atoms with E-state index in [2.05, 4.69) is 5.32 Å². The molecule has 150 valence electrons. The van der Waals surface area contributed by atoms with Crippen molar-refractivity contribution >= 4 is 17.5 Å². The van der Waals surface area contributed by atoms with Gasteiger partial charge in [0.05, 0.1) is 4.92 Å². The largest absolute Gasteiger partial charge is 0.444 e. The van der Waals surface area contributed by atoms with Gasteiger partial charge in [0.2, 0.25) is 0 Å². The Bertz CT molecular complexity index is 708. The number of nitro benzene ring substituents is 1. The molecule has 1 aromatic carbocycles. The normalized spacial score (nSPS) is 16.1. The number of piperidine rings is 1. The van der Waals surface area contributed by atoms with E-state index in [4.69, 9.17) is 4.74 Å². The zero-order valence-corrected chi connectivity index (χ0v) is 15.3. The van der Waals surface area contributed by atoms with Crippen molar-refractivity contribution in [3.63, 3.8) is 0 Å². The molecule has 1 aliphatic rings. The maximum absolute atomic E-state index is 13.1. The number of carbonyl (C=O) groups is 1. The molecule has 0 aliphatic carbocycles. The maximum atomic E-state index is 13.1. The van der Waals surface area contributed by atoms with Crippen LogP contribution in [0.5, 0.6) is 0 Å². The lowest BCUT2D eigenvalue weighted by Crippen LogP contribution is -2.46. The fraction of sp³-hybridized carbons (Fsp3) is 0.588. The molecule has 27 heavy (non-hydrogen) atoms. The summed E-state index contributed by atoms with van der Waals surface area (Å²) in [5, 5.41) is 13.6. The second-order valence-electron chi connectivity index (χ2n) is 7.36. The third-order valence-electron chi connectivity index (χ3n) is 4.06. The molecule has 1 aliphatic heterocycles. The third-order valence-corrected chi connectivity index (χ3v) is 4.06. The number of benzene rings is 1. The zero-order valence-electron chi connectivity index (χ0n) is 15.3. The van der Waals surface area contributed by atoms with Gasteiger partial charge in [-0.2, -0.15) is 13.2 Å². The lowest BCUT2D eigenvalue weighted by molar-refractivity contribution is -0.388. The predicted octanol–water partition coefficient (Wildman–Crippen LogP) is 4.11. The average molecular weight is 389 g/mol. The molecule has 1 heterocycles. The molecule has 0 spiro atoms. The van der Waals surface area contributed by atoms with Crippen LogP contribution in [0.1, 0.15) is 39.2 Å². The number of halogens is 3. The van der Waals surface area contributed by atoms with Gasteiger partial charge in [-0.3, -0.25) is 10.1 Å². The van der Waals surface area contributed by atoms with E-state index in [1.807, 2.05) is 0 Å². The second kappa shape index (κ2) is 7.61. The Hall–Kier alpha value is -2.52. The van der Waals surface area contributed by atoms with Crippen LogP contribution in [0.15, 0.2) is 18.2 Å². The molecule has 7 nitrogen and oxygen atoms in total. The van der Waals surface area contributed by atoms with Crippen molar-refractivity contribution in [1.82, 2.24) is 5.32 Å². The van der Waals surface area contributed by atoms with Crippen LogP contribution in [0, 0.1) is 10.1 Å². The van der Waals surface area contributed by atoms with E-state index in [9.17, 15) is 28.1 Å². The molecule has 1 aromatic rings. The standard InChI is InChI=1S/C17H22F3N3O4/c1-16(2,3)27-15(24)21-11-6-8-22(9-7-11)12-4-5-14(23(25)26)13(10-12)17(18,19)20/h4-5,10-11H,6-9H2,1-3H3,(H,21,24). The van der Waals surface area contributed by atoms with Crippen molar-refractivity contribution in [2.45, 2.75) is 51.4 Å². The highest BCUT2D eigenvalue weighted by Gasteiger charge is 2.39. The minimum absolute atomic E-state index is 0.142. The van der Waals surface area contributed by atoms with Crippen molar-refractivity contribution in [3.05, 3.63) is 33.9 Å². The number of rotatable bonds is 3. The fourth-order valence-electron chi connectivity index (χ4n) is 2.86. The van der Waals surface area contributed by atoms with Crippen LogP contribution in [0.25, 0.3) is 0 Å². The van der Waals surface area contributed by atoms with E-state index in [0.717, 1.165) is 12.1 Å². The molecule has 0 atom stereocenters. The number of anilines is 1. The van der Waals surface area contributed by atoms with Gasteiger partial charge < -0.3 is 15.0 Å². The van der Waals surface area contributed by atoms with Gasteiger partial charge in [0.25, 0.3) is 5.69 Å². The molecule has 1 fully saturated rings. The second-order valence-corrected chi connectivity index (χ2v) is 7.36. The van der Waals surface area contributed by atoms with Crippen molar-refractivity contribution in [3.8, 4) is 0 Å². The number of hydrogen-bond donors (Lipinski definition) is 1. The Balaban J connectivity index is 2.04. The van der Waals surface area contributed by atoms with Crippen LogP contribution in [-0.2, 0) is 10.9 Å². The number of alkyl halides is 3. The van der Waals surface area contributed by atoms with Gasteiger partial charge in [0, 0.05) is 30.9 Å². The van der Waals surface area contributed by atoms with E-state index < -0.39 is 34.0 Å². The van der Waals surface area contributed by atoms with Crippen LogP contribution in [0.2, 0.25) is 0 Å². The third kappa shape index (κ3) is 5.73. The van der Waals surface area contributed by atoms with E-state index in [1.165, 1.54) is 6.07 Å². The molecular formula is C17H22F3N3O4. The van der Waals surface area contributed by atoms with Gasteiger partial charge in [0.15, 0.2) is 0 Å². The Morgan fingerprint density at radius 1 is 1.26 bits per heavy atom. The van der Waals surface area contributed by atoms with E-state index in [1.54, 1.807) is 25.7 Å². The zero-order chi connectivity index (χ0) is 20.4. The minimum atomic E-state index is -4.81. The summed E-state index contributed by atoms with van der Waals surface area (Å²) in [6.45, 7) is 6.08. The molecule has 0 bridgehead atoms. The monoisotopic (exact) mass is 389 g/mol. The molecule has 0 radical (unpaired) electrons. The summed E-state index contributed by atoms with van der Waals surface area (Å²) in [5.74, 6) is 0. The summed E-state index contributed by atoms with van der Waals surface area (Å²) in [4.78, 5) is 23.3. The van der Waals surface area contributed by atoms with Crippen molar-refractivity contribution < 1.29 is 27.6 Å². The fourth-order valence-corrected chi connectivity index (χ4v) is 2.86. The van der Waals surface area contributed by atoms with E-state index in [0.29, 0.717) is 25.9 Å². The Labute approximate surface area is 154 Å². The van der Waals surface area contributed by atoms with Gasteiger partial charge in [-0.1, -0.05) is 0 Å². The highest BCUT2D eigenvalue weighted by Crippen LogP contribution is 2.38. The van der Waals surface area contributed by atoms with Crippen LogP contribution in [-0.4, -0.2) is 35.7 Å². The quantitative estimate of drug-likeness (QED) is 0.621. The molecule has 0 unspecified atom stereocenters. The lowest BCUT2D eigenvalue weighted by Gasteiger charge is -2.34. The number of hydrogen-bond acceptors (Lipinski definition) is 5. The summed E-state index contributed by atoms with van der Waals surface area (Å²) in [6, 6.07) is 2.86. The first-order valence-corrected chi connectivity index (χ1v) is 8.47. The van der Waals surface area contributed by atoms with Gasteiger partial charge >= 0.3 is 12.3 Å². The van der Waals surface area contributed by atoms with Crippen LogP contribution >= 0.6 is 0 Å². The van der Waals surface area contributed by atoms with Gasteiger partial charge in [-0.15, -0.1) is 0 Å². The number of nitrogens with one attached hydrogen (secondary N) is 1. The summed E-state index contributed by atoms with van der Waals surface area (Å²) >= 11 is 0. The molecule has 0 aromatic heterocycles. The Morgan fingerprint density at radius 3 is 2.33 bits per heavy atom. The van der Waals surface area contributed by atoms with Crippen molar-refractivity contribution in [2.24, 2.45) is 0 Å². The average Bonchev–Trinajstić information content (AvgIpc) is 2.52. The number of ether oxygens (including phenoxy) is 1.